The van der Waals surface area contributed by atoms with E-state index in [1.807, 2.05) is 0 Å². The van der Waals surface area contributed by atoms with Gasteiger partial charge in [0, 0.05) is 32.4 Å². The Morgan fingerprint density at radius 1 is 1.71 bits per heavy atom. The third kappa shape index (κ3) is 2.37. The van der Waals surface area contributed by atoms with E-state index in [4.69, 9.17) is 5.73 Å². The molecule has 1 aliphatic heterocycles. The van der Waals surface area contributed by atoms with E-state index in [0.717, 1.165) is 6.54 Å². The Labute approximate surface area is 99.4 Å². The van der Waals surface area contributed by atoms with Crippen molar-refractivity contribution in [2.24, 2.45) is 5.73 Å². The lowest BCUT2D eigenvalue weighted by molar-refractivity contribution is 0.0641. The molecular formula is C11H16N4O2. The Balaban J connectivity index is 2.21. The summed E-state index contributed by atoms with van der Waals surface area (Å²) in [4.78, 5) is 17.7. The zero-order valence-corrected chi connectivity index (χ0v) is 9.47. The summed E-state index contributed by atoms with van der Waals surface area (Å²) in [6.45, 7) is 2.44. The van der Waals surface area contributed by atoms with Gasteiger partial charge in [0.2, 0.25) is 0 Å². The highest BCUT2D eigenvalue weighted by molar-refractivity contribution is 5.96. The lowest BCUT2D eigenvalue weighted by Crippen LogP contribution is -2.56. The van der Waals surface area contributed by atoms with Gasteiger partial charge in [-0.3, -0.25) is 9.78 Å². The molecule has 2 rings (SSSR count). The van der Waals surface area contributed by atoms with E-state index in [-0.39, 0.29) is 23.3 Å². The van der Waals surface area contributed by atoms with Gasteiger partial charge in [-0.05, 0) is 6.07 Å². The molecule has 0 aliphatic carbocycles. The molecule has 6 nitrogen and oxygen atoms in total. The molecule has 1 atom stereocenters. The predicted molar refractivity (Wildman–Crippen MR) is 62.7 cm³/mol. The third-order valence-electron chi connectivity index (χ3n) is 2.91. The molecule has 1 aromatic rings. The van der Waals surface area contributed by atoms with Gasteiger partial charge in [-0.15, -0.1) is 0 Å². The van der Waals surface area contributed by atoms with E-state index in [1.165, 1.54) is 18.5 Å². The molecule has 6 heteroatoms. The van der Waals surface area contributed by atoms with E-state index in [2.05, 4.69) is 10.3 Å². The summed E-state index contributed by atoms with van der Waals surface area (Å²) < 4.78 is 0. The molecule has 17 heavy (non-hydrogen) atoms. The minimum absolute atomic E-state index is 0.0242. The van der Waals surface area contributed by atoms with Crippen LogP contribution in [0.15, 0.2) is 18.5 Å². The van der Waals surface area contributed by atoms with Crippen LogP contribution in [0.3, 0.4) is 0 Å². The summed E-state index contributed by atoms with van der Waals surface area (Å²) in [6.07, 6.45) is 2.76. The maximum absolute atomic E-state index is 12.2. The topological polar surface area (TPSA) is 91.5 Å². The maximum atomic E-state index is 12.2. The van der Waals surface area contributed by atoms with Crippen molar-refractivity contribution < 1.29 is 9.90 Å². The van der Waals surface area contributed by atoms with Gasteiger partial charge in [0.15, 0.2) is 0 Å². The molecule has 1 aromatic heterocycles. The van der Waals surface area contributed by atoms with Crippen LogP contribution in [0.25, 0.3) is 0 Å². The van der Waals surface area contributed by atoms with Crippen LogP contribution >= 0.6 is 0 Å². The number of pyridine rings is 1. The van der Waals surface area contributed by atoms with Gasteiger partial charge in [0.05, 0.1) is 17.8 Å². The Kier molecular flexibility index (Phi) is 3.55. The van der Waals surface area contributed by atoms with Gasteiger partial charge in [0.1, 0.15) is 5.75 Å². The molecule has 1 unspecified atom stereocenters. The predicted octanol–water partition coefficient (Wildman–Crippen LogP) is -0.840. The summed E-state index contributed by atoms with van der Waals surface area (Å²) in [6, 6.07) is 1.50. The normalized spacial score (nSPS) is 20.3. The number of nitrogens with one attached hydrogen (secondary N) is 1. The molecule has 4 N–H and O–H groups in total. The van der Waals surface area contributed by atoms with Crippen LogP contribution in [-0.2, 0) is 0 Å². The van der Waals surface area contributed by atoms with Crippen LogP contribution in [-0.4, -0.2) is 53.1 Å². The van der Waals surface area contributed by atoms with Crippen molar-refractivity contribution in [2.45, 2.75) is 6.04 Å². The molecule has 1 aliphatic rings. The number of aromatic nitrogens is 1. The van der Waals surface area contributed by atoms with Crippen LogP contribution in [0.4, 0.5) is 0 Å². The average molecular weight is 236 g/mol. The van der Waals surface area contributed by atoms with Crippen LogP contribution < -0.4 is 11.1 Å². The molecular weight excluding hydrogens is 220 g/mol. The minimum Gasteiger partial charge on any atom is -0.505 e. The molecule has 92 valence electrons. The van der Waals surface area contributed by atoms with E-state index < -0.39 is 0 Å². The van der Waals surface area contributed by atoms with Gasteiger partial charge >= 0.3 is 0 Å². The maximum Gasteiger partial charge on any atom is 0.258 e. The summed E-state index contributed by atoms with van der Waals surface area (Å²) in [5.74, 6) is -0.284. The largest absolute Gasteiger partial charge is 0.505 e. The molecule has 0 radical (unpaired) electrons. The monoisotopic (exact) mass is 236 g/mol. The molecule has 0 aromatic carbocycles. The number of hydrogen-bond donors (Lipinski definition) is 3. The molecule has 1 saturated heterocycles. The quantitative estimate of drug-likeness (QED) is 0.623. The Hall–Kier alpha value is -1.66. The van der Waals surface area contributed by atoms with Gasteiger partial charge in [-0.1, -0.05) is 0 Å². The van der Waals surface area contributed by atoms with E-state index in [0.29, 0.717) is 19.6 Å². The second kappa shape index (κ2) is 5.11. The number of nitrogens with two attached hydrogens (primary N) is 1. The number of nitrogens with zero attached hydrogens (tertiary/aromatic N) is 2. The minimum atomic E-state index is -0.193. The fourth-order valence-electron chi connectivity index (χ4n) is 1.96. The lowest BCUT2D eigenvalue weighted by atomic mass is 10.1. The second-order valence-electron chi connectivity index (χ2n) is 3.99. The zero-order chi connectivity index (χ0) is 12.3. The van der Waals surface area contributed by atoms with Crippen LogP contribution in [0, 0.1) is 0 Å². The molecule has 0 bridgehead atoms. The van der Waals surface area contributed by atoms with Crippen molar-refractivity contribution in [1.82, 2.24) is 15.2 Å². The molecule has 1 fully saturated rings. The first-order valence-electron chi connectivity index (χ1n) is 5.58. The van der Waals surface area contributed by atoms with E-state index in [9.17, 15) is 9.90 Å². The standard InChI is InChI=1S/C11H16N4O2/c12-5-8-6-14-3-4-15(8)11(17)9-1-2-13-7-10(9)16/h1-2,7-8,14,16H,3-6,12H2. The number of aromatic hydroxyl groups is 1. The van der Waals surface area contributed by atoms with Crippen LogP contribution in [0.5, 0.6) is 5.75 Å². The van der Waals surface area contributed by atoms with Crippen molar-refractivity contribution in [1.29, 1.82) is 0 Å². The number of amides is 1. The number of carbonyl (C=O) groups excluding carboxylic acids is 1. The lowest BCUT2D eigenvalue weighted by Gasteiger charge is -2.35. The van der Waals surface area contributed by atoms with Crippen molar-refractivity contribution in [3.63, 3.8) is 0 Å². The third-order valence-corrected chi connectivity index (χ3v) is 2.91. The summed E-state index contributed by atoms with van der Waals surface area (Å²) in [5.41, 5.74) is 5.92. The highest BCUT2D eigenvalue weighted by Crippen LogP contribution is 2.18. The van der Waals surface area contributed by atoms with Crippen molar-refractivity contribution in [2.75, 3.05) is 26.2 Å². The number of carbonyl (C=O) groups is 1. The van der Waals surface area contributed by atoms with Gasteiger partial charge < -0.3 is 21.1 Å². The van der Waals surface area contributed by atoms with E-state index >= 15 is 0 Å². The summed E-state index contributed by atoms with van der Waals surface area (Å²) in [7, 11) is 0. The smallest absolute Gasteiger partial charge is 0.258 e. The second-order valence-corrected chi connectivity index (χ2v) is 3.99. The number of rotatable bonds is 2. The fourth-order valence-corrected chi connectivity index (χ4v) is 1.96. The van der Waals surface area contributed by atoms with Crippen molar-refractivity contribution in [3.8, 4) is 5.75 Å². The Bertz CT molecular complexity index is 410. The number of hydrogen-bond acceptors (Lipinski definition) is 5. The highest BCUT2D eigenvalue weighted by atomic mass is 16.3. The summed E-state index contributed by atoms with van der Waals surface area (Å²) >= 11 is 0. The molecule has 2 heterocycles. The zero-order valence-electron chi connectivity index (χ0n) is 9.47. The molecule has 0 saturated carbocycles. The first-order valence-corrected chi connectivity index (χ1v) is 5.58. The van der Waals surface area contributed by atoms with Gasteiger partial charge in [-0.25, -0.2) is 0 Å². The van der Waals surface area contributed by atoms with Crippen molar-refractivity contribution in [3.05, 3.63) is 24.0 Å². The highest BCUT2D eigenvalue weighted by Gasteiger charge is 2.27. The average Bonchev–Trinajstić information content (AvgIpc) is 2.38. The van der Waals surface area contributed by atoms with Crippen LogP contribution in [0.2, 0.25) is 0 Å². The fraction of sp³-hybridized carbons (Fsp3) is 0.455. The summed E-state index contributed by atoms with van der Waals surface area (Å²) in [5, 5.41) is 12.8. The van der Waals surface area contributed by atoms with Gasteiger partial charge in [0.25, 0.3) is 5.91 Å². The van der Waals surface area contributed by atoms with Gasteiger partial charge in [-0.2, -0.15) is 0 Å². The Morgan fingerprint density at radius 3 is 3.24 bits per heavy atom. The van der Waals surface area contributed by atoms with E-state index in [1.54, 1.807) is 4.90 Å². The molecule has 0 spiro atoms. The van der Waals surface area contributed by atoms with Crippen LogP contribution in [0.1, 0.15) is 10.4 Å². The first kappa shape index (κ1) is 11.8. The van der Waals surface area contributed by atoms with Crippen molar-refractivity contribution >= 4 is 5.91 Å². The SMILES string of the molecule is NCC1CNCCN1C(=O)c1ccncc1O. The first-order chi connectivity index (χ1) is 8.24. The molecule has 1 amide bonds. The Morgan fingerprint density at radius 2 is 2.53 bits per heavy atom. The number of piperazine rings is 1.